The number of hydrogen-bond donors (Lipinski definition) is 1. The summed E-state index contributed by atoms with van der Waals surface area (Å²) in [5.41, 5.74) is 2.15. The summed E-state index contributed by atoms with van der Waals surface area (Å²) in [6.07, 6.45) is 1.63. The topological polar surface area (TPSA) is 103 Å². The summed E-state index contributed by atoms with van der Waals surface area (Å²) in [6, 6.07) is 18.2. The van der Waals surface area contributed by atoms with Crippen LogP contribution >= 0.6 is 11.8 Å². The third kappa shape index (κ3) is 5.84. The third-order valence-corrected chi connectivity index (χ3v) is 7.11. The van der Waals surface area contributed by atoms with Crippen molar-refractivity contribution in [3.8, 4) is 17.2 Å². The van der Waals surface area contributed by atoms with E-state index in [1.807, 2.05) is 6.92 Å². The number of nitrogens with zero attached hydrogens (tertiary/aromatic N) is 1. The Morgan fingerprint density at radius 2 is 1.63 bits per heavy atom. The minimum Gasteiger partial charge on any atom is -0.497 e. The first-order chi connectivity index (χ1) is 16.8. The van der Waals surface area contributed by atoms with Gasteiger partial charge in [0.2, 0.25) is 0 Å². The zero-order valence-corrected chi connectivity index (χ0v) is 20.8. The van der Waals surface area contributed by atoms with E-state index in [9.17, 15) is 13.2 Å². The van der Waals surface area contributed by atoms with Crippen molar-refractivity contribution >= 4 is 44.7 Å². The van der Waals surface area contributed by atoms with Crippen LogP contribution in [0.1, 0.15) is 11.1 Å². The van der Waals surface area contributed by atoms with Gasteiger partial charge in [-0.25, -0.2) is 4.99 Å². The molecular weight excluding hydrogens is 488 g/mol. The van der Waals surface area contributed by atoms with Gasteiger partial charge in [-0.2, -0.15) is 8.42 Å². The monoisotopic (exact) mass is 510 g/mol. The SMILES string of the molecule is COc1ccc(N=C2NC(=O)/C(=C/c3ccc(OC)c(OS(=O)(=O)c4ccc(C)cc4)c3)S2)cc1. The number of aryl methyl sites for hydroxylation is 1. The average molecular weight is 511 g/mol. The van der Waals surface area contributed by atoms with Crippen molar-refractivity contribution < 1.29 is 26.9 Å². The molecular formula is C25H22N2O6S2. The molecule has 35 heavy (non-hydrogen) atoms. The molecule has 1 aliphatic heterocycles. The van der Waals surface area contributed by atoms with Gasteiger partial charge >= 0.3 is 10.1 Å². The van der Waals surface area contributed by atoms with Crippen LogP contribution in [0.15, 0.2) is 81.5 Å². The van der Waals surface area contributed by atoms with Crippen LogP contribution in [0.4, 0.5) is 5.69 Å². The van der Waals surface area contributed by atoms with E-state index in [0.29, 0.717) is 27.1 Å². The van der Waals surface area contributed by atoms with Gasteiger partial charge < -0.3 is 19.0 Å². The van der Waals surface area contributed by atoms with Crippen LogP contribution in [-0.4, -0.2) is 33.7 Å². The van der Waals surface area contributed by atoms with Crippen LogP contribution in [0.25, 0.3) is 6.08 Å². The zero-order chi connectivity index (χ0) is 25.0. The fourth-order valence-corrected chi connectivity index (χ4v) is 4.90. The van der Waals surface area contributed by atoms with Gasteiger partial charge in [0.15, 0.2) is 16.7 Å². The first kappa shape index (κ1) is 24.4. The van der Waals surface area contributed by atoms with Crippen molar-refractivity contribution in [2.45, 2.75) is 11.8 Å². The summed E-state index contributed by atoms with van der Waals surface area (Å²) in [5, 5.41) is 3.15. The molecule has 10 heteroatoms. The lowest BCUT2D eigenvalue weighted by Crippen LogP contribution is -2.19. The van der Waals surface area contributed by atoms with E-state index < -0.39 is 10.1 Å². The molecule has 1 aliphatic rings. The Morgan fingerprint density at radius 3 is 2.29 bits per heavy atom. The number of ether oxygens (including phenoxy) is 2. The number of methoxy groups -OCH3 is 2. The molecule has 1 heterocycles. The van der Waals surface area contributed by atoms with Crippen LogP contribution in [-0.2, 0) is 14.9 Å². The maximum absolute atomic E-state index is 12.8. The molecule has 0 spiro atoms. The standard InChI is InChI=1S/C25H22N2O6S2/c1-16-4-11-20(12-5-16)35(29,30)33-22-14-17(6-13-21(22)32-3)15-23-24(28)27-25(34-23)26-18-7-9-19(31-2)10-8-18/h4-15H,1-3H3,(H,26,27,28)/b23-15-. The molecule has 1 fully saturated rings. The molecule has 1 N–H and O–H groups in total. The molecule has 8 nitrogen and oxygen atoms in total. The van der Waals surface area contributed by atoms with Crippen LogP contribution in [0.3, 0.4) is 0 Å². The van der Waals surface area contributed by atoms with Gasteiger partial charge in [0.1, 0.15) is 10.6 Å². The van der Waals surface area contributed by atoms with Crippen molar-refractivity contribution in [1.29, 1.82) is 0 Å². The Labute approximate surface area is 207 Å². The Morgan fingerprint density at radius 1 is 0.914 bits per heavy atom. The van der Waals surface area contributed by atoms with E-state index in [4.69, 9.17) is 13.7 Å². The van der Waals surface area contributed by atoms with Gasteiger partial charge in [-0.05, 0) is 78.9 Å². The van der Waals surface area contributed by atoms with E-state index in [0.717, 1.165) is 5.56 Å². The highest BCUT2D eigenvalue weighted by Gasteiger charge is 2.24. The van der Waals surface area contributed by atoms with Crippen molar-refractivity contribution in [3.05, 3.63) is 82.8 Å². The molecule has 1 amide bonds. The summed E-state index contributed by atoms with van der Waals surface area (Å²) in [7, 11) is -1.08. The largest absolute Gasteiger partial charge is 0.497 e. The molecule has 0 bridgehead atoms. The molecule has 0 radical (unpaired) electrons. The lowest BCUT2D eigenvalue weighted by Gasteiger charge is -2.12. The highest BCUT2D eigenvalue weighted by atomic mass is 32.2. The number of nitrogens with one attached hydrogen (secondary N) is 1. The fourth-order valence-electron chi connectivity index (χ4n) is 3.13. The highest BCUT2D eigenvalue weighted by Crippen LogP contribution is 2.34. The summed E-state index contributed by atoms with van der Waals surface area (Å²) in [5.74, 6) is 0.651. The van der Waals surface area contributed by atoms with Crippen LogP contribution in [0, 0.1) is 6.92 Å². The maximum Gasteiger partial charge on any atom is 0.339 e. The number of amides is 1. The first-order valence-electron chi connectivity index (χ1n) is 10.4. The van der Waals surface area contributed by atoms with E-state index in [-0.39, 0.29) is 22.3 Å². The number of aliphatic imine (C=N–C) groups is 1. The smallest absolute Gasteiger partial charge is 0.339 e. The van der Waals surface area contributed by atoms with Crippen molar-refractivity contribution in [1.82, 2.24) is 5.32 Å². The number of hydrogen-bond acceptors (Lipinski definition) is 8. The Balaban J connectivity index is 1.58. The quantitative estimate of drug-likeness (QED) is 0.364. The zero-order valence-electron chi connectivity index (χ0n) is 19.1. The number of thioether (sulfide) groups is 1. The first-order valence-corrected chi connectivity index (χ1v) is 12.6. The number of carbonyl (C=O) groups is 1. The van der Waals surface area contributed by atoms with Gasteiger partial charge in [0.25, 0.3) is 5.91 Å². The van der Waals surface area contributed by atoms with Crippen LogP contribution in [0.2, 0.25) is 0 Å². The lowest BCUT2D eigenvalue weighted by molar-refractivity contribution is -0.115. The van der Waals surface area contributed by atoms with Crippen LogP contribution in [0.5, 0.6) is 17.2 Å². The number of carbonyl (C=O) groups excluding carboxylic acids is 1. The minimum absolute atomic E-state index is 0.0120. The molecule has 0 aliphatic carbocycles. The summed E-state index contributed by atoms with van der Waals surface area (Å²) in [4.78, 5) is 17.3. The highest BCUT2D eigenvalue weighted by molar-refractivity contribution is 8.18. The van der Waals surface area contributed by atoms with Crippen molar-refractivity contribution in [2.24, 2.45) is 4.99 Å². The fraction of sp³-hybridized carbons (Fsp3) is 0.120. The second-order valence-corrected chi connectivity index (χ2v) is 10.0. The Hall–Kier alpha value is -3.76. The summed E-state index contributed by atoms with van der Waals surface area (Å²) >= 11 is 1.17. The number of rotatable bonds is 7. The number of amidine groups is 1. The Kier molecular flexibility index (Phi) is 7.13. The van der Waals surface area contributed by atoms with Gasteiger partial charge in [-0.1, -0.05) is 23.8 Å². The maximum atomic E-state index is 12.8. The predicted molar refractivity (Wildman–Crippen MR) is 136 cm³/mol. The van der Waals surface area contributed by atoms with Crippen molar-refractivity contribution in [2.75, 3.05) is 14.2 Å². The third-order valence-electron chi connectivity index (χ3n) is 4.95. The van der Waals surface area contributed by atoms with E-state index in [1.165, 1.54) is 37.1 Å². The molecule has 3 aromatic carbocycles. The van der Waals surface area contributed by atoms with Gasteiger partial charge in [0.05, 0.1) is 24.8 Å². The molecule has 0 unspecified atom stereocenters. The molecule has 0 aromatic heterocycles. The molecule has 4 rings (SSSR count). The lowest BCUT2D eigenvalue weighted by atomic mass is 10.2. The molecule has 0 atom stereocenters. The predicted octanol–water partition coefficient (Wildman–Crippen LogP) is 4.67. The van der Waals surface area contributed by atoms with Crippen LogP contribution < -0.4 is 19.0 Å². The molecule has 3 aromatic rings. The van der Waals surface area contributed by atoms with Gasteiger partial charge in [0, 0.05) is 0 Å². The van der Waals surface area contributed by atoms with Crippen molar-refractivity contribution in [3.63, 3.8) is 0 Å². The van der Waals surface area contributed by atoms with Gasteiger partial charge in [-0.15, -0.1) is 0 Å². The second-order valence-electron chi connectivity index (χ2n) is 7.44. The van der Waals surface area contributed by atoms with E-state index in [1.54, 1.807) is 61.7 Å². The molecule has 1 saturated heterocycles. The number of benzene rings is 3. The molecule has 0 saturated carbocycles. The second kappa shape index (κ2) is 10.2. The summed E-state index contributed by atoms with van der Waals surface area (Å²) in [6.45, 7) is 1.86. The summed E-state index contributed by atoms with van der Waals surface area (Å²) < 4.78 is 41.3. The van der Waals surface area contributed by atoms with E-state index >= 15 is 0 Å². The Bertz CT molecular complexity index is 1410. The van der Waals surface area contributed by atoms with Gasteiger partial charge in [-0.3, -0.25) is 4.79 Å². The minimum atomic E-state index is -4.08. The average Bonchev–Trinajstić information content (AvgIpc) is 3.18. The molecule has 180 valence electrons. The normalized spacial score (nSPS) is 15.8. The van der Waals surface area contributed by atoms with E-state index in [2.05, 4.69) is 10.3 Å².